The standard InChI is InChI=1S/C26H25F2N5O2/c1-2-32-24(21-13-16-30-26(31-21)35-22-6-4-3-5-20(22)28)23(17-7-9-18(27)10-8-17)25(34)33(32)19-11-14-29-15-12-19/h3-10,13,16,19,29H,2,11-12,14-15H2,1H3. The quantitative estimate of drug-likeness (QED) is 0.432. The molecule has 0 amide bonds. The summed E-state index contributed by atoms with van der Waals surface area (Å²) in [5.41, 5.74) is 1.91. The van der Waals surface area contributed by atoms with Crippen LogP contribution in [0.5, 0.6) is 11.8 Å². The van der Waals surface area contributed by atoms with Crippen molar-refractivity contribution in [2.24, 2.45) is 0 Å². The Labute approximate surface area is 201 Å². The minimum atomic E-state index is -0.531. The van der Waals surface area contributed by atoms with E-state index in [0.29, 0.717) is 29.1 Å². The summed E-state index contributed by atoms with van der Waals surface area (Å²) in [5, 5.41) is 3.33. The van der Waals surface area contributed by atoms with E-state index >= 15 is 0 Å². The number of hydrogen-bond acceptors (Lipinski definition) is 5. The van der Waals surface area contributed by atoms with E-state index in [4.69, 9.17) is 4.74 Å². The molecule has 7 nitrogen and oxygen atoms in total. The molecule has 1 fully saturated rings. The molecule has 1 aliphatic heterocycles. The lowest BCUT2D eigenvalue weighted by molar-refractivity contribution is 0.297. The first-order chi connectivity index (χ1) is 17.1. The van der Waals surface area contributed by atoms with Crippen molar-refractivity contribution >= 4 is 0 Å². The second kappa shape index (κ2) is 9.79. The number of piperidine rings is 1. The summed E-state index contributed by atoms with van der Waals surface area (Å²) in [7, 11) is 0. The van der Waals surface area contributed by atoms with Gasteiger partial charge < -0.3 is 10.1 Å². The number of nitrogens with one attached hydrogen (secondary N) is 1. The molecule has 0 aliphatic carbocycles. The maximum absolute atomic E-state index is 14.1. The predicted octanol–water partition coefficient (Wildman–Crippen LogP) is 4.79. The van der Waals surface area contributed by atoms with Crippen LogP contribution in [0.1, 0.15) is 25.8 Å². The van der Waals surface area contributed by atoms with Crippen LogP contribution in [0.25, 0.3) is 22.5 Å². The molecule has 35 heavy (non-hydrogen) atoms. The third-order valence-electron chi connectivity index (χ3n) is 6.18. The lowest BCUT2D eigenvalue weighted by Gasteiger charge is -2.26. The summed E-state index contributed by atoms with van der Waals surface area (Å²) in [6.45, 7) is 4.12. The topological polar surface area (TPSA) is 74.0 Å². The Hall–Kier alpha value is -3.85. The highest BCUT2D eigenvalue weighted by Crippen LogP contribution is 2.33. The zero-order valence-electron chi connectivity index (χ0n) is 19.2. The Morgan fingerprint density at radius 1 is 1.06 bits per heavy atom. The van der Waals surface area contributed by atoms with Crippen LogP contribution in [0.15, 0.2) is 65.6 Å². The molecule has 4 aromatic rings. The summed E-state index contributed by atoms with van der Waals surface area (Å²) in [6, 6.07) is 13.5. The lowest BCUT2D eigenvalue weighted by atomic mass is 10.0. The van der Waals surface area contributed by atoms with Gasteiger partial charge >= 0.3 is 6.01 Å². The van der Waals surface area contributed by atoms with Gasteiger partial charge in [0.1, 0.15) is 5.82 Å². The van der Waals surface area contributed by atoms with Gasteiger partial charge in [-0.3, -0.25) is 9.48 Å². The molecular weight excluding hydrogens is 452 g/mol. The van der Waals surface area contributed by atoms with Gasteiger partial charge in [0.15, 0.2) is 11.6 Å². The van der Waals surface area contributed by atoms with Crippen LogP contribution in [-0.2, 0) is 6.54 Å². The van der Waals surface area contributed by atoms with Crippen LogP contribution < -0.4 is 15.6 Å². The monoisotopic (exact) mass is 477 g/mol. The van der Waals surface area contributed by atoms with E-state index in [2.05, 4.69) is 15.3 Å². The van der Waals surface area contributed by atoms with Gasteiger partial charge in [0.2, 0.25) is 0 Å². The Bertz CT molecular complexity index is 1390. The molecule has 0 radical (unpaired) electrons. The van der Waals surface area contributed by atoms with Gasteiger partial charge in [-0.25, -0.2) is 18.4 Å². The number of rotatable bonds is 6. The van der Waals surface area contributed by atoms with Crippen LogP contribution >= 0.6 is 0 Å². The smallest absolute Gasteiger partial charge is 0.322 e. The number of ether oxygens (including phenoxy) is 1. The van der Waals surface area contributed by atoms with Crippen molar-refractivity contribution in [2.45, 2.75) is 32.4 Å². The second-order valence-corrected chi connectivity index (χ2v) is 8.33. The fraction of sp³-hybridized carbons (Fsp3) is 0.269. The third-order valence-corrected chi connectivity index (χ3v) is 6.18. The van der Waals surface area contributed by atoms with E-state index in [1.54, 1.807) is 35.0 Å². The number of para-hydroxylation sites is 1. The molecule has 0 unspecified atom stereocenters. The average Bonchev–Trinajstić information content (AvgIpc) is 3.18. The highest BCUT2D eigenvalue weighted by molar-refractivity contribution is 5.79. The third kappa shape index (κ3) is 4.46. The van der Waals surface area contributed by atoms with Crippen LogP contribution in [0.3, 0.4) is 0 Å². The molecule has 9 heteroatoms. The number of nitrogens with zero attached hydrogens (tertiary/aromatic N) is 4. The highest BCUT2D eigenvalue weighted by atomic mass is 19.1. The highest BCUT2D eigenvalue weighted by Gasteiger charge is 2.28. The number of benzene rings is 2. The van der Waals surface area contributed by atoms with E-state index in [1.165, 1.54) is 30.5 Å². The minimum absolute atomic E-state index is 0.00330. The van der Waals surface area contributed by atoms with E-state index in [-0.39, 0.29) is 29.2 Å². The Morgan fingerprint density at radius 2 is 1.80 bits per heavy atom. The lowest BCUT2D eigenvalue weighted by Crippen LogP contribution is -2.36. The summed E-state index contributed by atoms with van der Waals surface area (Å²) in [6.07, 6.45) is 3.15. The van der Waals surface area contributed by atoms with Crippen LogP contribution in [0.2, 0.25) is 0 Å². The van der Waals surface area contributed by atoms with Crippen molar-refractivity contribution in [2.75, 3.05) is 13.1 Å². The molecule has 180 valence electrons. The first kappa shape index (κ1) is 22.9. The van der Waals surface area contributed by atoms with Crippen LogP contribution in [0, 0.1) is 11.6 Å². The molecule has 2 aromatic carbocycles. The fourth-order valence-electron chi connectivity index (χ4n) is 4.57. The molecule has 0 spiro atoms. The summed E-state index contributed by atoms with van der Waals surface area (Å²) < 4.78 is 37.2. The molecule has 0 atom stereocenters. The van der Waals surface area contributed by atoms with Crippen molar-refractivity contribution in [3.8, 4) is 34.3 Å². The van der Waals surface area contributed by atoms with E-state index in [0.717, 1.165) is 25.9 Å². The Morgan fingerprint density at radius 3 is 2.51 bits per heavy atom. The van der Waals surface area contributed by atoms with Gasteiger partial charge in [0.25, 0.3) is 5.56 Å². The maximum atomic E-state index is 14.1. The van der Waals surface area contributed by atoms with E-state index in [1.807, 2.05) is 11.6 Å². The Balaban J connectivity index is 1.68. The number of hydrogen-bond donors (Lipinski definition) is 1. The first-order valence-corrected chi connectivity index (χ1v) is 11.6. The number of halogens is 2. The molecule has 1 saturated heterocycles. The van der Waals surface area contributed by atoms with Crippen molar-refractivity contribution in [3.63, 3.8) is 0 Å². The molecule has 1 aliphatic rings. The molecule has 0 saturated carbocycles. The molecular formula is C26H25F2N5O2. The van der Waals surface area contributed by atoms with Crippen molar-refractivity contribution in [3.05, 3.63) is 82.8 Å². The van der Waals surface area contributed by atoms with Crippen LogP contribution in [-0.4, -0.2) is 32.4 Å². The van der Waals surface area contributed by atoms with Gasteiger partial charge in [-0.05, 0) is 68.8 Å². The van der Waals surface area contributed by atoms with Crippen LogP contribution in [0.4, 0.5) is 8.78 Å². The van der Waals surface area contributed by atoms with Gasteiger partial charge in [0.05, 0.1) is 23.0 Å². The Kier molecular flexibility index (Phi) is 6.41. The maximum Gasteiger partial charge on any atom is 0.322 e. The zero-order valence-corrected chi connectivity index (χ0v) is 19.2. The van der Waals surface area contributed by atoms with Crippen molar-refractivity contribution < 1.29 is 13.5 Å². The summed E-state index contributed by atoms with van der Waals surface area (Å²) in [4.78, 5) is 22.5. The van der Waals surface area contributed by atoms with Gasteiger partial charge in [-0.1, -0.05) is 24.3 Å². The molecule has 5 rings (SSSR count). The number of aromatic nitrogens is 4. The summed E-state index contributed by atoms with van der Waals surface area (Å²) >= 11 is 0. The predicted molar refractivity (Wildman–Crippen MR) is 128 cm³/mol. The van der Waals surface area contributed by atoms with Gasteiger partial charge in [-0.2, -0.15) is 4.98 Å². The normalized spacial score (nSPS) is 14.3. The van der Waals surface area contributed by atoms with Gasteiger partial charge in [0, 0.05) is 12.7 Å². The van der Waals surface area contributed by atoms with Crippen molar-refractivity contribution in [1.82, 2.24) is 24.6 Å². The summed E-state index contributed by atoms with van der Waals surface area (Å²) in [5.74, 6) is -0.911. The molecule has 3 heterocycles. The fourth-order valence-corrected chi connectivity index (χ4v) is 4.57. The molecule has 2 aromatic heterocycles. The molecule has 1 N–H and O–H groups in total. The van der Waals surface area contributed by atoms with E-state index < -0.39 is 5.82 Å². The SMILES string of the molecule is CCn1c(-c2ccnc(Oc3ccccc3F)n2)c(-c2ccc(F)cc2)c(=O)n1C1CCNCC1. The first-order valence-electron chi connectivity index (χ1n) is 11.6. The van der Waals surface area contributed by atoms with Crippen molar-refractivity contribution in [1.29, 1.82) is 0 Å². The zero-order chi connectivity index (χ0) is 24.4. The second-order valence-electron chi connectivity index (χ2n) is 8.33. The minimum Gasteiger partial charge on any atom is -0.421 e. The molecule has 0 bridgehead atoms. The average molecular weight is 478 g/mol. The largest absolute Gasteiger partial charge is 0.421 e. The van der Waals surface area contributed by atoms with Gasteiger partial charge in [-0.15, -0.1) is 0 Å². The van der Waals surface area contributed by atoms with E-state index in [9.17, 15) is 13.6 Å².